The monoisotopic (exact) mass is 548 g/mol. The van der Waals surface area contributed by atoms with E-state index in [0.717, 1.165) is 38.8 Å². The lowest BCUT2D eigenvalue weighted by atomic mass is 10.2. The lowest BCUT2D eigenvalue weighted by Crippen LogP contribution is -2.47. The van der Waals surface area contributed by atoms with E-state index in [-0.39, 0.29) is 41.9 Å². The molecule has 1 aliphatic rings. The first-order valence-corrected chi connectivity index (χ1v) is 10.8. The van der Waals surface area contributed by atoms with Crippen LogP contribution in [-0.2, 0) is 4.74 Å². The van der Waals surface area contributed by atoms with Crippen LogP contribution >= 0.6 is 35.3 Å². The Hall–Kier alpha value is -1.43. The molecule has 1 aliphatic heterocycles. The number of guanidine groups is 1. The zero-order valence-electron chi connectivity index (χ0n) is 17.3. The lowest BCUT2D eigenvalue weighted by Gasteiger charge is -2.34. The number of rotatable bonds is 8. The van der Waals surface area contributed by atoms with E-state index in [1.165, 1.54) is 17.0 Å². The van der Waals surface area contributed by atoms with Gasteiger partial charge in [-0.1, -0.05) is 6.07 Å². The van der Waals surface area contributed by atoms with Gasteiger partial charge in [-0.25, -0.2) is 4.39 Å². The number of hydrogen-bond acceptors (Lipinski definition) is 5. The van der Waals surface area contributed by atoms with Crippen LogP contribution in [0.15, 0.2) is 46.8 Å². The average molecular weight is 548 g/mol. The van der Waals surface area contributed by atoms with E-state index in [0.29, 0.717) is 12.3 Å². The minimum absolute atomic E-state index is 0. The van der Waals surface area contributed by atoms with Gasteiger partial charge in [0, 0.05) is 31.6 Å². The molecule has 1 aromatic carbocycles. The van der Waals surface area contributed by atoms with Gasteiger partial charge in [-0.3, -0.25) is 9.89 Å². The third-order valence-electron chi connectivity index (χ3n) is 4.75. The minimum atomic E-state index is -0.270. The fourth-order valence-electron chi connectivity index (χ4n) is 3.22. The molecule has 30 heavy (non-hydrogen) atoms. The third kappa shape index (κ3) is 7.68. The van der Waals surface area contributed by atoms with Crippen molar-refractivity contribution in [2.75, 3.05) is 46.4 Å². The predicted molar refractivity (Wildman–Crippen MR) is 131 cm³/mol. The Morgan fingerprint density at radius 1 is 1.20 bits per heavy atom. The molecule has 1 fully saturated rings. The van der Waals surface area contributed by atoms with Gasteiger partial charge in [-0.15, -0.1) is 35.3 Å². The molecule has 2 unspecified atom stereocenters. The van der Waals surface area contributed by atoms with E-state index in [1.54, 1.807) is 30.5 Å². The maximum absolute atomic E-state index is 13.0. The number of ether oxygens (including phenoxy) is 2. The van der Waals surface area contributed by atoms with Gasteiger partial charge in [0.2, 0.25) is 0 Å². The molecule has 0 saturated carbocycles. The maximum Gasteiger partial charge on any atom is 0.191 e. The number of hydrogen-bond donors (Lipinski definition) is 2. The molecule has 3 rings (SSSR count). The summed E-state index contributed by atoms with van der Waals surface area (Å²) < 4.78 is 24.3. The summed E-state index contributed by atoms with van der Waals surface area (Å²) in [5.41, 5.74) is 0. The fourth-order valence-corrected chi connectivity index (χ4v) is 4.08. The highest BCUT2D eigenvalue weighted by atomic mass is 127. The minimum Gasteiger partial charge on any atom is -0.489 e. The molecular weight excluding hydrogens is 518 g/mol. The molecule has 0 spiro atoms. The normalized spacial score (nSPS) is 17.0. The van der Waals surface area contributed by atoms with Crippen molar-refractivity contribution in [2.24, 2.45) is 4.99 Å². The SMILES string of the molecule is CN=C(NCC(C)Oc1ccc(F)cc1)NCC(c1cccs1)N1CCOCC1.I. The second-order valence-corrected chi connectivity index (χ2v) is 7.88. The Kier molecular flexibility index (Phi) is 10.8. The molecule has 9 heteroatoms. The summed E-state index contributed by atoms with van der Waals surface area (Å²) in [6.45, 7) is 6.70. The molecule has 2 aromatic rings. The van der Waals surface area contributed by atoms with Crippen molar-refractivity contribution in [1.29, 1.82) is 0 Å². The van der Waals surface area contributed by atoms with Crippen LogP contribution in [0.3, 0.4) is 0 Å². The molecule has 2 N–H and O–H groups in total. The predicted octanol–water partition coefficient (Wildman–Crippen LogP) is 3.51. The van der Waals surface area contributed by atoms with E-state index in [1.807, 2.05) is 6.92 Å². The number of halogens is 2. The van der Waals surface area contributed by atoms with Crippen molar-refractivity contribution in [3.63, 3.8) is 0 Å². The Morgan fingerprint density at radius 3 is 2.53 bits per heavy atom. The summed E-state index contributed by atoms with van der Waals surface area (Å²) in [5, 5.41) is 8.86. The van der Waals surface area contributed by atoms with E-state index in [9.17, 15) is 4.39 Å². The van der Waals surface area contributed by atoms with Gasteiger partial charge in [-0.05, 0) is 42.6 Å². The molecule has 0 amide bonds. The van der Waals surface area contributed by atoms with Gasteiger partial charge in [-0.2, -0.15) is 0 Å². The van der Waals surface area contributed by atoms with Crippen LogP contribution in [0.2, 0.25) is 0 Å². The number of nitrogens with zero attached hydrogens (tertiary/aromatic N) is 2. The van der Waals surface area contributed by atoms with E-state index < -0.39 is 0 Å². The fraction of sp³-hybridized carbons (Fsp3) is 0.476. The zero-order chi connectivity index (χ0) is 20.5. The molecule has 0 aliphatic carbocycles. The second kappa shape index (κ2) is 13.1. The summed E-state index contributed by atoms with van der Waals surface area (Å²) in [6.07, 6.45) is -0.0913. The number of nitrogens with one attached hydrogen (secondary N) is 2. The average Bonchev–Trinajstić information content (AvgIpc) is 3.27. The third-order valence-corrected chi connectivity index (χ3v) is 5.73. The second-order valence-electron chi connectivity index (χ2n) is 6.90. The number of thiophene rings is 1. The number of benzene rings is 1. The van der Waals surface area contributed by atoms with Gasteiger partial charge < -0.3 is 20.1 Å². The van der Waals surface area contributed by atoms with Crippen LogP contribution in [0.4, 0.5) is 4.39 Å². The standard InChI is InChI=1S/C21H29FN4O2S.HI/c1-16(28-18-7-5-17(22)6-8-18)14-24-21(23-2)25-15-19(20-4-3-13-29-20)26-9-11-27-12-10-26;/h3-8,13,16,19H,9-12,14-15H2,1-2H3,(H2,23,24,25);1H. The largest absolute Gasteiger partial charge is 0.489 e. The van der Waals surface area contributed by atoms with Crippen molar-refractivity contribution in [2.45, 2.75) is 19.1 Å². The van der Waals surface area contributed by atoms with Gasteiger partial charge in [0.25, 0.3) is 0 Å². The summed E-state index contributed by atoms with van der Waals surface area (Å²) in [4.78, 5) is 8.12. The van der Waals surface area contributed by atoms with E-state index >= 15 is 0 Å². The van der Waals surface area contributed by atoms with Crippen LogP contribution in [0.1, 0.15) is 17.8 Å². The van der Waals surface area contributed by atoms with Gasteiger partial charge in [0.05, 0.1) is 25.8 Å². The van der Waals surface area contributed by atoms with Gasteiger partial charge >= 0.3 is 0 Å². The van der Waals surface area contributed by atoms with Crippen LogP contribution in [0, 0.1) is 5.82 Å². The first kappa shape index (κ1) is 24.8. The van der Waals surface area contributed by atoms with Crippen LogP contribution < -0.4 is 15.4 Å². The Morgan fingerprint density at radius 2 is 1.90 bits per heavy atom. The molecular formula is C21H30FIN4O2S. The number of aliphatic imine (C=N–C) groups is 1. The van der Waals surface area contributed by atoms with E-state index in [4.69, 9.17) is 9.47 Å². The van der Waals surface area contributed by atoms with Crippen LogP contribution in [0.5, 0.6) is 5.75 Å². The maximum atomic E-state index is 13.0. The molecule has 2 atom stereocenters. The molecule has 6 nitrogen and oxygen atoms in total. The smallest absolute Gasteiger partial charge is 0.191 e. The molecule has 1 saturated heterocycles. The van der Waals surface area contributed by atoms with Gasteiger partial charge in [0.15, 0.2) is 5.96 Å². The van der Waals surface area contributed by atoms with E-state index in [2.05, 4.69) is 38.0 Å². The first-order chi connectivity index (χ1) is 14.2. The van der Waals surface area contributed by atoms with Crippen molar-refractivity contribution < 1.29 is 13.9 Å². The van der Waals surface area contributed by atoms with Crippen molar-refractivity contribution in [1.82, 2.24) is 15.5 Å². The topological polar surface area (TPSA) is 58.1 Å². The molecule has 0 bridgehead atoms. The molecule has 166 valence electrons. The zero-order valence-corrected chi connectivity index (χ0v) is 20.5. The quantitative estimate of drug-likeness (QED) is 0.301. The summed E-state index contributed by atoms with van der Waals surface area (Å²) >= 11 is 1.77. The van der Waals surface area contributed by atoms with Crippen LogP contribution in [0.25, 0.3) is 0 Å². The van der Waals surface area contributed by atoms with Gasteiger partial charge in [0.1, 0.15) is 17.7 Å². The first-order valence-electron chi connectivity index (χ1n) is 9.87. The molecule has 1 aromatic heterocycles. The number of morpholine rings is 1. The Labute approximate surface area is 198 Å². The van der Waals surface area contributed by atoms with Crippen LogP contribution in [-0.4, -0.2) is 63.4 Å². The Balaban J connectivity index is 0.00000320. The Bertz CT molecular complexity index is 755. The molecule has 0 radical (unpaired) electrons. The van der Waals surface area contributed by atoms with Crippen molar-refractivity contribution in [3.8, 4) is 5.75 Å². The summed E-state index contributed by atoms with van der Waals surface area (Å²) in [5.74, 6) is 1.11. The highest BCUT2D eigenvalue weighted by Gasteiger charge is 2.23. The summed E-state index contributed by atoms with van der Waals surface area (Å²) in [7, 11) is 1.76. The highest BCUT2D eigenvalue weighted by Crippen LogP contribution is 2.25. The summed E-state index contributed by atoms with van der Waals surface area (Å²) in [6, 6.07) is 10.6. The van der Waals surface area contributed by atoms with Crippen molar-refractivity contribution in [3.05, 3.63) is 52.5 Å². The highest BCUT2D eigenvalue weighted by molar-refractivity contribution is 14.0. The lowest BCUT2D eigenvalue weighted by molar-refractivity contribution is 0.0177. The molecule has 2 heterocycles. The van der Waals surface area contributed by atoms with Crippen molar-refractivity contribution >= 4 is 41.3 Å².